The highest BCUT2D eigenvalue weighted by molar-refractivity contribution is 5.33. The summed E-state index contributed by atoms with van der Waals surface area (Å²) in [5, 5.41) is 18.5. The van der Waals surface area contributed by atoms with Gasteiger partial charge in [-0.25, -0.2) is 0 Å². The fourth-order valence-electron chi connectivity index (χ4n) is 0.925. The lowest BCUT2D eigenvalue weighted by molar-refractivity contribution is 0.177. The van der Waals surface area contributed by atoms with Gasteiger partial charge in [-0.3, -0.25) is 0 Å². The van der Waals surface area contributed by atoms with Crippen LogP contribution >= 0.6 is 0 Å². The number of aliphatic hydroxyl groups excluding tert-OH is 1. The second-order valence-electron chi connectivity index (χ2n) is 2.36. The van der Waals surface area contributed by atoms with Crippen molar-refractivity contribution >= 4 is 0 Å². The summed E-state index contributed by atoms with van der Waals surface area (Å²) in [5.41, 5.74) is 0.544. The van der Waals surface area contributed by atoms with Gasteiger partial charge in [-0.2, -0.15) is 0 Å². The number of hydrogen-bond acceptors (Lipinski definition) is 2. The molecule has 2 N–H and O–H groups in total. The molecule has 1 unspecified atom stereocenters. The van der Waals surface area contributed by atoms with E-state index in [4.69, 9.17) is 0 Å². The summed E-state index contributed by atoms with van der Waals surface area (Å²) in [5.74, 6) is 0.128. The molecule has 0 aliphatic carbocycles. The first kappa shape index (κ1) is 8.08. The summed E-state index contributed by atoms with van der Waals surface area (Å²) in [4.78, 5) is 0. The first-order valence-electron chi connectivity index (χ1n) is 3.51. The average molecular weight is 151 g/mol. The van der Waals surface area contributed by atoms with E-state index < -0.39 is 6.10 Å². The molecule has 0 saturated heterocycles. The number of hydrogen-bond donors (Lipinski definition) is 2. The zero-order chi connectivity index (χ0) is 8.27. The van der Waals surface area contributed by atoms with Gasteiger partial charge in [0.2, 0.25) is 0 Å². The van der Waals surface area contributed by atoms with Gasteiger partial charge < -0.3 is 10.2 Å². The SMILES string of the molecule is [CH2]CC(O)c1ccccc1O. The molecule has 0 amide bonds. The first-order chi connectivity index (χ1) is 5.25. The molecule has 2 heteroatoms. The minimum Gasteiger partial charge on any atom is -0.508 e. The maximum atomic E-state index is 9.29. The molecular formula is C9H11O2. The van der Waals surface area contributed by atoms with Gasteiger partial charge in [0.05, 0.1) is 6.10 Å². The number of aliphatic hydroxyl groups is 1. The molecule has 0 aliphatic heterocycles. The molecule has 0 saturated carbocycles. The lowest BCUT2D eigenvalue weighted by Gasteiger charge is -2.08. The second kappa shape index (κ2) is 3.39. The largest absolute Gasteiger partial charge is 0.508 e. The van der Waals surface area contributed by atoms with Crippen LogP contribution < -0.4 is 0 Å². The van der Waals surface area contributed by atoms with Gasteiger partial charge in [0.25, 0.3) is 0 Å². The van der Waals surface area contributed by atoms with E-state index in [1.807, 2.05) is 0 Å². The Kier molecular flexibility index (Phi) is 2.49. The van der Waals surface area contributed by atoms with Crippen molar-refractivity contribution in [2.24, 2.45) is 0 Å². The minimum absolute atomic E-state index is 0.128. The Bertz CT molecular complexity index is 233. The third kappa shape index (κ3) is 1.71. The molecule has 11 heavy (non-hydrogen) atoms. The van der Waals surface area contributed by atoms with Crippen LogP contribution in [0.15, 0.2) is 24.3 Å². The topological polar surface area (TPSA) is 40.5 Å². The number of rotatable bonds is 2. The van der Waals surface area contributed by atoms with Crippen LogP contribution in [0.25, 0.3) is 0 Å². The molecule has 0 heterocycles. The van der Waals surface area contributed by atoms with Crippen molar-refractivity contribution in [3.8, 4) is 5.75 Å². The molecule has 59 valence electrons. The van der Waals surface area contributed by atoms with E-state index in [1.54, 1.807) is 24.3 Å². The highest BCUT2D eigenvalue weighted by Gasteiger charge is 2.07. The van der Waals surface area contributed by atoms with Crippen molar-refractivity contribution in [3.63, 3.8) is 0 Å². The predicted octanol–water partition coefficient (Wildman–Crippen LogP) is 1.65. The highest BCUT2D eigenvalue weighted by Crippen LogP contribution is 2.24. The van der Waals surface area contributed by atoms with E-state index in [0.717, 1.165) is 0 Å². The number of phenolic OH excluding ortho intramolecular Hbond substituents is 1. The van der Waals surface area contributed by atoms with Crippen molar-refractivity contribution < 1.29 is 10.2 Å². The number of para-hydroxylation sites is 1. The molecule has 0 fully saturated rings. The summed E-state index contributed by atoms with van der Waals surface area (Å²) < 4.78 is 0. The maximum Gasteiger partial charge on any atom is 0.121 e. The number of aromatic hydroxyl groups is 1. The van der Waals surface area contributed by atoms with Crippen LogP contribution in [0.1, 0.15) is 18.1 Å². The van der Waals surface area contributed by atoms with Crippen LogP contribution in [0.4, 0.5) is 0 Å². The van der Waals surface area contributed by atoms with Crippen molar-refractivity contribution in [1.29, 1.82) is 0 Å². The van der Waals surface area contributed by atoms with Crippen LogP contribution in [0.2, 0.25) is 0 Å². The molecule has 0 spiro atoms. The molecule has 0 aromatic heterocycles. The predicted molar refractivity (Wildman–Crippen MR) is 43.0 cm³/mol. The summed E-state index contributed by atoms with van der Waals surface area (Å²) in [7, 11) is 0. The van der Waals surface area contributed by atoms with E-state index >= 15 is 0 Å². The molecule has 1 atom stereocenters. The highest BCUT2D eigenvalue weighted by atomic mass is 16.3. The third-order valence-corrected chi connectivity index (χ3v) is 1.57. The lowest BCUT2D eigenvalue weighted by Crippen LogP contribution is -1.94. The molecule has 0 bridgehead atoms. The van der Waals surface area contributed by atoms with Gasteiger partial charge in [0.1, 0.15) is 5.75 Å². The van der Waals surface area contributed by atoms with Gasteiger partial charge in [-0.15, -0.1) is 0 Å². The van der Waals surface area contributed by atoms with Gasteiger partial charge in [0, 0.05) is 5.56 Å². The van der Waals surface area contributed by atoms with Gasteiger partial charge in [-0.05, 0) is 12.5 Å². The summed E-state index contributed by atoms with van der Waals surface area (Å²) >= 11 is 0. The van der Waals surface area contributed by atoms with Gasteiger partial charge >= 0.3 is 0 Å². The second-order valence-corrected chi connectivity index (χ2v) is 2.36. The zero-order valence-electron chi connectivity index (χ0n) is 6.20. The van der Waals surface area contributed by atoms with Crippen LogP contribution in [0.5, 0.6) is 5.75 Å². The summed E-state index contributed by atoms with van der Waals surface area (Å²) in [6.07, 6.45) is -0.284. The Labute approximate surface area is 66.1 Å². The first-order valence-corrected chi connectivity index (χ1v) is 3.51. The number of benzene rings is 1. The summed E-state index contributed by atoms with van der Waals surface area (Å²) in [6, 6.07) is 6.72. The Morgan fingerprint density at radius 2 is 2.00 bits per heavy atom. The van der Waals surface area contributed by atoms with E-state index in [9.17, 15) is 10.2 Å². The van der Waals surface area contributed by atoms with Crippen LogP contribution in [-0.4, -0.2) is 10.2 Å². The zero-order valence-corrected chi connectivity index (χ0v) is 6.20. The maximum absolute atomic E-state index is 9.29. The van der Waals surface area contributed by atoms with E-state index in [2.05, 4.69) is 6.92 Å². The normalized spacial score (nSPS) is 12.9. The Morgan fingerprint density at radius 1 is 1.36 bits per heavy atom. The smallest absolute Gasteiger partial charge is 0.121 e. The van der Waals surface area contributed by atoms with Crippen LogP contribution in [0.3, 0.4) is 0 Å². The molecule has 1 aromatic carbocycles. The Hall–Kier alpha value is -1.02. The van der Waals surface area contributed by atoms with Crippen molar-refractivity contribution in [2.45, 2.75) is 12.5 Å². The Balaban J connectivity index is 2.93. The molecule has 1 rings (SSSR count). The van der Waals surface area contributed by atoms with Crippen molar-refractivity contribution in [1.82, 2.24) is 0 Å². The molecule has 1 radical (unpaired) electrons. The van der Waals surface area contributed by atoms with Crippen LogP contribution in [0, 0.1) is 6.92 Å². The van der Waals surface area contributed by atoms with Crippen molar-refractivity contribution in [3.05, 3.63) is 36.8 Å². The fourth-order valence-corrected chi connectivity index (χ4v) is 0.925. The van der Waals surface area contributed by atoms with Crippen LogP contribution in [-0.2, 0) is 0 Å². The fraction of sp³-hybridized carbons (Fsp3) is 0.222. The minimum atomic E-state index is -0.656. The van der Waals surface area contributed by atoms with Crippen molar-refractivity contribution in [2.75, 3.05) is 0 Å². The van der Waals surface area contributed by atoms with E-state index in [1.165, 1.54) is 0 Å². The lowest BCUT2D eigenvalue weighted by atomic mass is 10.1. The quantitative estimate of drug-likeness (QED) is 0.674. The summed E-state index contributed by atoms with van der Waals surface area (Å²) in [6.45, 7) is 3.54. The Morgan fingerprint density at radius 3 is 2.55 bits per heavy atom. The molecule has 2 nitrogen and oxygen atoms in total. The molecular weight excluding hydrogens is 140 g/mol. The van der Waals surface area contributed by atoms with Gasteiger partial charge in [-0.1, -0.05) is 25.1 Å². The van der Waals surface area contributed by atoms with E-state index in [0.29, 0.717) is 12.0 Å². The third-order valence-electron chi connectivity index (χ3n) is 1.57. The van der Waals surface area contributed by atoms with Gasteiger partial charge in [0.15, 0.2) is 0 Å². The van der Waals surface area contributed by atoms with E-state index in [-0.39, 0.29) is 5.75 Å². The molecule has 0 aliphatic rings. The standard InChI is InChI=1S/C9H11O2/c1-2-8(10)7-5-3-4-6-9(7)11/h3-6,8,10-11H,1-2H2. The average Bonchev–Trinajstić information content (AvgIpc) is 2.04. The number of phenols is 1. The monoisotopic (exact) mass is 151 g/mol. The molecule has 1 aromatic rings.